The molecule has 0 fully saturated rings. The van der Waals surface area contributed by atoms with Crippen molar-refractivity contribution in [3.8, 4) is 0 Å². The second-order valence-corrected chi connectivity index (χ2v) is 2.71. The minimum absolute atomic E-state index is 0. The zero-order valence-electron chi connectivity index (χ0n) is 9.45. The second kappa shape index (κ2) is 18.8. The standard InChI is InChI=1S/C7H6OS.C5H.2CO.Fe/c8-7(9)6-4-2-1-3-5-6;1-2-4-5-3-1;2*1-2;/h1-5H,(H,8,9);1H;;;/q;-5;;;+6/p-1. The van der Waals surface area contributed by atoms with E-state index in [-0.39, 0.29) is 22.2 Å². The summed E-state index contributed by atoms with van der Waals surface area (Å²) < 4.78 is 15.0. The topological polar surface area (TPSA) is 56.9 Å². The van der Waals surface area contributed by atoms with Crippen LogP contribution >= 0.6 is 0 Å². The van der Waals surface area contributed by atoms with E-state index in [0.717, 1.165) is 0 Å². The smallest absolute Gasteiger partial charge is 0.999 e. The third-order valence-corrected chi connectivity index (χ3v) is 1.60. The first-order valence-electron chi connectivity index (χ1n) is 4.30. The van der Waals surface area contributed by atoms with Crippen LogP contribution in [0.1, 0.15) is 10.4 Å². The third-order valence-electron chi connectivity index (χ3n) is 1.36. The molecule has 2 aromatic rings. The molecule has 0 saturated carbocycles. The maximum Gasteiger partial charge on any atom is 6.00 e. The van der Waals surface area contributed by atoms with Crippen molar-refractivity contribution >= 4 is 17.7 Å². The molecule has 94 valence electrons. The van der Waals surface area contributed by atoms with Crippen molar-refractivity contribution in [1.82, 2.24) is 0 Å². The first-order valence-corrected chi connectivity index (χ1v) is 4.71. The van der Waals surface area contributed by atoms with Crippen LogP contribution in [0, 0.1) is 37.6 Å². The fourth-order valence-corrected chi connectivity index (χ4v) is 0.891. The van der Waals surface area contributed by atoms with E-state index in [0.29, 0.717) is 5.56 Å². The largest absolute Gasteiger partial charge is 6.00 e. The number of rotatable bonds is 1. The SMILES string of the molecule is O=C([S-])c1ccccc1.[C-]#[O+].[C-]#[O+].[Fe+6].[c-]1[c-][c-][cH-][c-]1. The number of benzene rings is 1. The van der Waals surface area contributed by atoms with E-state index in [9.17, 15) is 4.79 Å². The Hall–Kier alpha value is -1.54. The van der Waals surface area contributed by atoms with E-state index < -0.39 is 0 Å². The molecule has 0 aliphatic rings. The fourth-order valence-electron chi connectivity index (χ4n) is 0.755. The van der Waals surface area contributed by atoms with Gasteiger partial charge in [0.2, 0.25) is 0 Å². The van der Waals surface area contributed by atoms with E-state index in [1.807, 2.05) is 6.07 Å². The quantitative estimate of drug-likeness (QED) is 0.350. The average molecular weight is 310 g/mol. The first kappa shape index (κ1) is 22.6. The third kappa shape index (κ3) is 14.4. The number of carbonyl (C=O) groups excluding carboxylic acids is 1. The van der Waals surface area contributed by atoms with Crippen molar-refractivity contribution in [3.05, 3.63) is 79.5 Å². The Morgan fingerprint density at radius 2 is 1.47 bits per heavy atom. The Labute approximate surface area is 128 Å². The molecule has 0 aliphatic heterocycles. The molecule has 0 saturated heterocycles. The number of hydrogen-bond acceptors (Lipinski definition) is 2. The predicted molar refractivity (Wildman–Crippen MR) is 63.4 cm³/mol. The molecule has 2 aromatic carbocycles. The van der Waals surface area contributed by atoms with Gasteiger partial charge in [-0.1, -0.05) is 30.3 Å². The average Bonchev–Trinajstić information content (AvgIpc) is 3.03. The maximum absolute atomic E-state index is 10.5. The van der Waals surface area contributed by atoms with Crippen LogP contribution < -0.4 is 0 Å². The van der Waals surface area contributed by atoms with Gasteiger partial charge in [0.25, 0.3) is 0 Å². The van der Waals surface area contributed by atoms with Crippen LogP contribution in [0.5, 0.6) is 0 Å². The molecule has 2 rings (SSSR count). The van der Waals surface area contributed by atoms with Crippen LogP contribution in [0.15, 0.2) is 36.4 Å². The van der Waals surface area contributed by atoms with Crippen molar-refractivity contribution in [2.24, 2.45) is 0 Å². The summed E-state index contributed by atoms with van der Waals surface area (Å²) in [6.45, 7) is 9.00. The zero-order chi connectivity index (χ0) is 14.2. The molecule has 0 N–H and O–H groups in total. The van der Waals surface area contributed by atoms with Crippen molar-refractivity contribution in [1.29, 1.82) is 0 Å². The van der Waals surface area contributed by atoms with Gasteiger partial charge in [0, 0.05) is 5.12 Å². The van der Waals surface area contributed by atoms with Gasteiger partial charge in [-0.2, -0.15) is 0 Å². The maximum atomic E-state index is 10.5. The van der Waals surface area contributed by atoms with Crippen LogP contribution in [-0.2, 0) is 39.0 Å². The Balaban J connectivity index is -0.000000220. The first-order chi connectivity index (χ1) is 8.80. The van der Waals surface area contributed by atoms with E-state index in [2.05, 4.69) is 50.2 Å². The molecule has 5 heteroatoms. The molecule has 3 nitrogen and oxygen atoms in total. The number of hydrogen-bond donors (Lipinski definition) is 0. The molecular formula is C14H6FeO3S. The van der Waals surface area contributed by atoms with Crippen molar-refractivity contribution < 1.29 is 31.2 Å². The van der Waals surface area contributed by atoms with Gasteiger partial charge in [-0.25, -0.2) is 0 Å². The zero-order valence-corrected chi connectivity index (χ0v) is 11.4. The van der Waals surface area contributed by atoms with Crippen molar-refractivity contribution in [3.63, 3.8) is 0 Å². The van der Waals surface area contributed by atoms with E-state index in [4.69, 9.17) is 9.30 Å². The van der Waals surface area contributed by atoms with E-state index in [1.165, 1.54) is 0 Å². The normalized spacial score (nSPS) is 6.53. The minimum Gasteiger partial charge on any atom is -0.999 e. The minimum atomic E-state index is -0.296. The predicted octanol–water partition coefficient (Wildman–Crippen LogP) is 1.90. The van der Waals surface area contributed by atoms with E-state index in [1.54, 1.807) is 30.3 Å². The Kier molecular flexibility index (Phi) is 22.4. The summed E-state index contributed by atoms with van der Waals surface area (Å²) in [5, 5.41) is -0.296. The van der Waals surface area contributed by atoms with Crippen LogP contribution in [-0.4, -0.2) is 5.12 Å². The Morgan fingerprint density at radius 3 is 1.68 bits per heavy atom. The van der Waals surface area contributed by atoms with Crippen LogP contribution in [0.3, 0.4) is 0 Å². The van der Waals surface area contributed by atoms with Gasteiger partial charge in [0.05, 0.1) is 0 Å². The van der Waals surface area contributed by atoms with Crippen LogP contribution in [0.4, 0.5) is 0 Å². The summed E-state index contributed by atoms with van der Waals surface area (Å²) in [5.74, 6) is 0. The van der Waals surface area contributed by atoms with Crippen LogP contribution in [0.25, 0.3) is 0 Å². The summed E-state index contributed by atoms with van der Waals surface area (Å²) in [5.41, 5.74) is 0.590. The molecule has 0 radical (unpaired) electrons. The van der Waals surface area contributed by atoms with Crippen molar-refractivity contribution in [2.75, 3.05) is 0 Å². The van der Waals surface area contributed by atoms with Gasteiger partial charge in [-0.3, -0.25) is 0 Å². The van der Waals surface area contributed by atoms with Gasteiger partial charge in [-0.15, -0.1) is 0 Å². The molecule has 0 heterocycles. The molecule has 0 aliphatic carbocycles. The Morgan fingerprint density at radius 1 is 1.05 bits per heavy atom. The second-order valence-electron chi connectivity index (χ2n) is 2.34. The number of carbonyl (C=O) groups is 1. The van der Waals surface area contributed by atoms with Gasteiger partial charge in [-0.05, 0) is 5.56 Å². The summed E-state index contributed by atoms with van der Waals surface area (Å²) in [4.78, 5) is 10.5. The van der Waals surface area contributed by atoms with Crippen molar-refractivity contribution in [2.45, 2.75) is 0 Å². The van der Waals surface area contributed by atoms with Gasteiger partial charge >= 0.3 is 39.7 Å². The van der Waals surface area contributed by atoms with Crippen LogP contribution in [0.2, 0.25) is 0 Å². The molecule has 0 bridgehead atoms. The summed E-state index contributed by atoms with van der Waals surface area (Å²) in [6.07, 6.45) is 0. The monoisotopic (exact) mass is 310 g/mol. The van der Waals surface area contributed by atoms with Gasteiger partial charge in [0.1, 0.15) is 0 Å². The molecule has 0 atom stereocenters. The van der Waals surface area contributed by atoms with Gasteiger partial charge in [0.15, 0.2) is 0 Å². The summed E-state index contributed by atoms with van der Waals surface area (Å²) in [6, 6.07) is 20.8. The fraction of sp³-hybridized carbons (Fsp3) is 0. The molecule has 0 amide bonds. The molecule has 0 spiro atoms. The summed E-state index contributed by atoms with van der Waals surface area (Å²) >= 11 is 4.41. The summed E-state index contributed by atoms with van der Waals surface area (Å²) in [7, 11) is 0. The molecule has 0 unspecified atom stereocenters. The molecule has 19 heavy (non-hydrogen) atoms. The van der Waals surface area contributed by atoms with Gasteiger partial charge < -0.3 is 47.8 Å². The Bertz CT molecular complexity index is 412. The van der Waals surface area contributed by atoms with E-state index >= 15 is 0 Å². The molecule has 0 aromatic heterocycles. The molecular weight excluding hydrogens is 304 g/mol.